The van der Waals surface area contributed by atoms with E-state index in [9.17, 15) is 5.11 Å². The summed E-state index contributed by atoms with van der Waals surface area (Å²) in [5.74, 6) is 0.653. The minimum atomic E-state index is 0.154. The Hall–Kier alpha value is -2.49. The van der Waals surface area contributed by atoms with Crippen molar-refractivity contribution in [1.82, 2.24) is 4.98 Å². The highest BCUT2D eigenvalue weighted by Gasteiger charge is 2.08. The monoisotopic (exact) mass is 241 g/mol. The topological polar surface area (TPSA) is 55.5 Å². The number of hydrogen-bond acceptors (Lipinski definition) is 4. The van der Waals surface area contributed by atoms with Crippen molar-refractivity contribution in [2.45, 2.75) is 6.92 Å². The lowest BCUT2D eigenvalue weighted by Gasteiger charge is -2.02. The molecule has 0 aliphatic heterocycles. The van der Waals surface area contributed by atoms with Gasteiger partial charge in [0, 0.05) is 6.07 Å². The molecule has 0 aliphatic rings. The lowest BCUT2D eigenvalue weighted by atomic mass is 10.2. The summed E-state index contributed by atoms with van der Waals surface area (Å²) in [7, 11) is 0. The number of nitrogens with zero attached hydrogens (tertiary/aromatic N) is 1. The number of para-hydroxylation sites is 2. The highest BCUT2D eigenvalue weighted by Crippen LogP contribution is 2.28. The van der Waals surface area contributed by atoms with E-state index in [1.165, 1.54) is 6.07 Å². The first-order valence-corrected chi connectivity index (χ1v) is 5.55. The Kier molecular flexibility index (Phi) is 2.41. The average molecular weight is 241 g/mol. The second kappa shape index (κ2) is 4.07. The van der Waals surface area contributed by atoms with Crippen molar-refractivity contribution in [3.05, 3.63) is 48.0 Å². The van der Waals surface area contributed by atoms with Gasteiger partial charge in [-0.25, -0.2) is 0 Å². The number of aromatic nitrogens is 1. The smallest absolute Gasteiger partial charge is 0.400 e. The number of rotatable bonds is 2. The third-order valence-electron chi connectivity index (χ3n) is 2.52. The second-order valence-electron chi connectivity index (χ2n) is 4.05. The van der Waals surface area contributed by atoms with E-state index >= 15 is 0 Å². The number of ether oxygens (including phenoxy) is 1. The van der Waals surface area contributed by atoms with Gasteiger partial charge in [0.15, 0.2) is 5.58 Å². The summed E-state index contributed by atoms with van der Waals surface area (Å²) < 4.78 is 10.9. The van der Waals surface area contributed by atoms with Gasteiger partial charge in [-0.15, -0.1) is 0 Å². The fourth-order valence-corrected chi connectivity index (χ4v) is 1.78. The standard InChI is InChI=1S/C14H11NO3/c1-9-6-10(16)8-11(7-9)17-14-15-12-4-2-3-5-13(12)18-14/h2-8,16H,1H3. The molecule has 0 saturated carbocycles. The maximum absolute atomic E-state index is 9.48. The van der Waals surface area contributed by atoms with Crippen LogP contribution in [0.5, 0.6) is 17.6 Å². The number of aryl methyl sites for hydroxylation is 1. The van der Waals surface area contributed by atoms with Gasteiger partial charge in [0.2, 0.25) is 0 Å². The molecule has 0 unspecified atom stereocenters. The van der Waals surface area contributed by atoms with Gasteiger partial charge in [-0.3, -0.25) is 0 Å². The molecular formula is C14H11NO3. The summed E-state index contributed by atoms with van der Waals surface area (Å²) >= 11 is 0. The molecule has 0 atom stereocenters. The van der Waals surface area contributed by atoms with E-state index in [0.717, 1.165) is 11.1 Å². The van der Waals surface area contributed by atoms with Crippen molar-refractivity contribution >= 4 is 11.1 Å². The van der Waals surface area contributed by atoms with E-state index in [4.69, 9.17) is 9.15 Å². The largest absolute Gasteiger partial charge is 0.508 e. The molecule has 0 aliphatic carbocycles. The molecule has 0 bridgehead atoms. The Labute approximate surface area is 103 Å². The lowest BCUT2D eigenvalue weighted by Crippen LogP contribution is -1.84. The molecule has 90 valence electrons. The molecule has 1 aromatic heterocycles. The summed E-state index contributed by atoms with van der Waals surface area (Å²) in [5.41, 5.74) is 2.31. The number of benzene rings is 2. The van der Waals surface area contributed by atoms with Crippen LogP contribution < -0.4 is 4.74 Å². The molecule has 0 spiro atoms. The quantitative estimate of drug-likeness (QED) is 0.744. The number of phenolic OH excluding ortho intramolecular Hbond substituents is 1. The van der Waals surface area contributed by atoms with Gasteiger partial charge >= 0.3 is 6.08 Å². The van der Waals surface area contributed by atoms with Gasteiger partial charge in [0.1, 0.15) is 17.0 Å². The Bertz CT molecular complexity index is 650. The fraction of sp³-hybridized carbons (Fsp3) is 0.0714. The molecule has 3 rings (SSSR count). The molecule has 1 heterocycles. The Morgan fingerprint density at radius 1 is 1.17 bits per heavy atom. The summed E-state index contributed by atoms with van der Waals surface area (Å²) in [6.45, 7) is 1.87. The third-order valence-corrected chi connectivity index (χ3v) is 2.52. The van der Waals surface area contributed by atoms with Crippen LogP contribution in [0.25, 0.3) is 11.1 Å². The van der Waals surface area contributed by atoms with Crippen LogP contribution in [0.3, 0.4) is 0 Å². The lowest BCUT2D eigenvalue weighted by molar-refractivity contribution is 0.341. The van der Waals surface area contributed by atoms with Crippen molar-refractivity contribution in [3.63, 3.8) is 0 Å². The fourth-order valence-electron chi connectivity index (χ4n) is 1.78. The maximum atomic E-state index is 9.48. The van der Waals surface area contributed by atoms with Gasteiger partial charge in [-0.2, -0.15) is 4.98 Å². The highest BCUT2D eigenvalue weighted by atomic mass is 16.6. The van der Waals surface area contributed by atoms with Crippen molar-refractivity contribution in [2.24, 2.45) is 0 Å². The maximum Gasteiger partial charge on any atom is 0.400 e. The average Bonchev–Trinajstić information content (AvgIpc) is 2.69. The number of oxazole rings is 1. The number of hydrogen-bond donors (Lipinski definition) is 1. The minimum absolute atomic E-state index is 0.154. The van der Waals surface area contributed by atoms with Gasteiger partial charge in [0.25, 0.3) is 0 Å². The molecular weight excluding hydrogens is 230 g/mol. The van der Waals surface area contributed by atoms with Gasteiger partial charge in [-0.1, -0.05) is 12.1 Å². The number of aromatic hydroxyl groups is 1. The van der Waals surface area contributed by atoms with Crippen LogP contribution in [0.4, 0.5) is 0 Å². The SMILES string of the molecule is Cc1cc(O)cc(Oc2nc3ccccc3o2)c1. The van der Waals surface area contributed by atoms with E-state index < -0.39 is 0 Å². The number of fused-ring (bicyclic) bond motifs is 1. The molecule has 18 heavy (non-hydrogen) atoms. The van der Waals surface area contributed by atoms with E-state index in [1.807, 2.05) is 31.2 Å². The Morgan fingerprint density at radius 3 is 2.78 bits per heavy atom. The van der Waals surface area contributed by atoms with Crippen LogP contribution >= 0.6 is 0 Å². The zero-order valence-electron chi connectivity index (χ0n) is 9.75. The van der Waals surface area contributed by atoms with E-state index in [0.29, 0.717) is 11.3 Å². The molecule has 4 nitrogen and oxygen atoms in total. The van der Waals surface area contributed by atoms with Crippen molar-refractivity contribution in [1.29, 1.82) is 0 Å². The van der Waals surface area contributed by atoms with Crippen molar-refractivity contribution in [3.8, 4) is 17.6 Å². The Morgan fingerprint density at radius 2 is 2.00 bits per heavy atom. The normalized spacial score (nSPS) is 10.7. The van der Waals surface area contributed by atoms with Gasteiger partial charge in [-0.05, 0) is 36.8 Å². The third kappa shape index (κ3) is 2.00. The molecule has 4 heteroatoms. The van der Waals surface area contributed by atoms with Crippen LogP contribution in [0.2, 0.25) is 0 Å². The summed E-state index contributed by atoms with van der Waals surface area (Å²) in [5, 5.41) is 9.48. The predicted molar refractivity (Wildman–Crippen MR) is 66.9 cm³/mol. The zero-order valence-corrected chi connectivity index (χ0v) is 9.75. The van der Waals surface area contributed by atoms with Gasteiger partial charge < -0.3 is 14.3 Å². The first kappa shape index (κ1) is 10.7. The first-order chi connectivity index (χ1) is 8.70. The number of phenols is 1. The molecule has 0 amide bonds. The zero-order chi connectivity index (χ0) is 12.5. The van der Waals surface area contributed by atoms with Crippen LogP contribution in [0.15, 0.2) is 46.9 Å². The van der Waals surface area contributed by atoms with Crippen LogP contribution in [-0.2, 0) is 0 Å². The molecule has 0 radical (unpaired) electrons. The summed E-state index contributed by atoms with van der Waals surface area (Å²) in [6.07, 6.45) is 0.168. The Balaban J connectivity index is 1.96. The van der Waals surface area contributed by atoms with Crippen molar-refractivity contribution in [2.75, 3.05) is 0 Å². The van der Waals surface area contributed by atoms with Crippen molar-refractivity contribution < 1.29 is 14.3 Å². The van der Waals surface area contributed by atoms with Crippen LogP contribution in [0.1, 0.15) is 5.56 Å². The van der Waals surface area contributed by atoms with Gasteiger partial charge in [0.05, 0.1) is 0 Å². The van der Waals surface area contributed by atoms with E-state index in [2.05, 4.69) is 4.98 Å². The molecule has 2 aromatic carbocycles. The summed E-state index contributed by atoms with van der Waals surface area (Å²) in [4.78, 5) is 4.20. The van der Waals surface area contributed by atoms with E-state index in [-0.39, 0.29) is 11.8 Å². The summed E-state index contributed by atoms with van der Waals surface area (Å²) in [6, 6.07) is 12.4. The van der Waals surface area contributed by atoms with Crippen LogP contribution in [0, 0.1) is 6.92 Å². The molecule has 0 saturated heterocycles. The van der Waals surface area contributed by atoms with E-state index in [1.54, 1.807) is 12.1 Å². The van der Waals surface area contributed by atoms with Crippen LogP contribution in [-0.4, -0.2) is 10.1 Å². The molecule has 3 aromatic rings. The molecule has 0 fully saturated rings. The second-order valence-corrected chi connectivity index (χ2v) is 4.05. The first-order valence-electron chi connectivity index (χ1n) is 5.55. The predicted octanol–water partition coefficient (Wildman–Crippen LogP) is 3.63. The minimum Gasteiger partial charge on any atom is -0.508 e. The highest BCUT2D eigenvalue weighted by molar-refractivity contribution is 5.72. The molecule has 1 N–H and O–H groups in total.